The lowest BCUT2D eigenvalue weighted by Crippen LogP contribution is -2.25. The number of hydrogen-bond acceptors (Lipinski definition) is 7. The summed E-state index contributed by atoms with van der Waals surface area (Å²) in [6.07, 6.45) is 8.52. The smallest absolute Gasteiger partial charge is 0.226 e. The zero-order valence-electron chi connectivity index (χ0n) is 19.1. The molecule has 1 aromatic carbocycles. The fourth-order valence-electron chi connectivity index (χ4n) is 3.91. The second-order valence-electron chi connectivity index (χ2n) is 8.30. The maximum absolute atomic E-state index is 12.2. The predicted molar refractivity (Wildman–Crippen MR) is 126 cm³/mol. The van der Waals surface area contributed by atoms with E-state index in [1.807, 2.05) is 36.5 Å². The molecule has 8 heteroatoms. The molecule has 0 aliphatic carbocycles. The van der Waals surface area contributed by atoms with Crippen LogP contribution in [0, 0.1) is 0 Å². The molecule has 3 heterocycles. The summed E-state index contributed by atoms with van der Waals surface area (Å²) >= 11 is 0. The molecule has 0 bridgehead atoms. The van der Waals surface area contributed by atoms with Gasteiger partial charge in [0.2, 0.25) is 17.6 Å². The van der Waals surface area contributed by atoms with E-state index in [1.54, 1.807) is 7.11 Å². The Morgan fingerprint density at radius 2 is 1.88 bits per heavy atom. The van der Waals surface area contributed by atoms with Crippen molar-refractivity contribution >= 4 is 11.7 Å². The summed E-state index contributed by atoms with van der Waals surface area (Å²) in [6, 6.07) is 11.6. The summed E-state index contributed by atoms with van der Waals surface area (Å²) in [4.78, 5) is 23.6. The van der Waals surface area contributed by atoms with E-state index in [4.69, 9.17) is 9.26 Å². The maximum atomic E-state index is 12.2. The van der Waals surface area contributed by atoms with Crippen molar-refractivity contribution in [3.63, 3.8) is 0 Å². The number of pyridine rings is 1. The molecule has 174 valence electrons. The summed E-state index contributed by atoms with van der Waals surface area (Å²) in [5.74, 6) is 2.87. The van der Waals surface area contributed by atoms with Crippen LogP contribution in [0.4, 0.5) is 5.82 Å². The molecule has 0 saturated carbocycles. The van der Waals surface area contributed by atoms with E-state index < -0.39 is 0 Å². The van der Waals surface area contributed by atoms with Crippen LogP contribution in [0.15, 0.2) is 47.1 Å². The fourth-order valence-corrected chi connectivity index (χ4v) is 3.91. The van der Waals surface area contributed by atoms with Gasteiger partial charge in [0.15, 0.2) is 0 Å². The zero-order chi connectivity index (χ0) is 22.9. The molecule has 33 heavy (non-hydrogen) atoms. The molecular weight excluding hydrogens is 418 g/mol. The maximum Gasteiger partial charge on any atom is 0.226 e. The molecule has 0 unspecified atom stereocenters. The Balaban J connectivity index is 1.18. The SMILES string of the molecule is COc1ccc(-c2noc(CCCC(=O)NCc3ccc(N4CCCCCC4)nc3)n2)cc1. The third kappa shape index (κ3) is 6.54. The number of methoxy groups -OCH3 is 1. The minimum atomic E-state index is 0.00138. The van der Waals surface area contributed by atoms with Gasteiger partial charge in [0.1, 0.15) is 11.6 Å². The Kier molecular flexibility index (Phi) is 7.90. The van der Waals surface area contributed by atoms with Gasteiger partial charge >= 0.3 is 0 Å². The minimum absolute atomic E-state index is 0.00138. The van der Waals surface area contributed by atoms with Gasteiger partial charge in [-0.05, 0) is 55.2 Å². The van der Waals surface area contributed by atoms with Crippen molar-refractivity contribution in [3.05, 3.63) is 54.0 Å². The average molecular weight is 450 g/mol. The molecule has 0 radical (unpaired) electrons. The second kappa shape index (κ2) is 11.4. The van der Waals surface area contributed by atoms with Crippen LogP contribution in [0.2, 0.25) is 0 Å². The predicted octanol–water partition coefficient (Wildman–Crippen LogP) is 4.16. The van der Waals surface area contributed by atoms with Crippen molar-refractivity contribution in [2.45, 2.75) is 51.5 Å². The molecular formula is C25H31N5O3. The number of anilines is 1. The first-order valence-corrected chi connectivity index (χ1v) is 11.6. The highest BCUT2D eigenvalue weighted by molar-refractivity contribution is 5.75. The number of nitrogens with one attached hydrogen (secondary N) is 1. The van der Waals surface area contributed by atoms with Gasteiger partial charge in [-0.2, -0.15) is 4.98 Å². The van der Waals surface area contributed by atoms with Crippen molar-refractivity contribution in [2.75, 3.05) is 25.1 Å². The minimum Gasteiger partial charge on any atom is -0.497 e. The number of ether oxygens (including phenoxy) is 1. The van der Waals surface area contributed by atoms with Gasteiger partial charge in [-0.15, -0.1) is 0 Å². The Hall–Kier alpha value is -3.42. The zero-order valence-corrected chi connectivity index (χ0v) is 19.1. The second-order valence-corrected chi connectivity index (χ2v) is 8.30. The molecule has 1 aliphatic heterocycles. The number of aromatic nitrogens is 3. The molecule has 1 fully saturated rings. The summed E-state index contributed by atoms with van der Waals surface area (Å²) in [5.41, 5.74) is 1.86. The van der Waals surface area contributed by atoms with Crippen molar-refractivity contribution in [2.24, 2.45) is 0 Å². The lowest BCUT2D eigenvalue weighted by molar-refractivity contribution is -0.121. The Labute approximate surface area is 194 Å². The number of nitrogens with zero attached hydrogens (tertiary/aromatic N) is 4. The van der Waals surface area contributed by atoms with Gasteiger partial charge in [-0.1, -0.05) is 24.1 Å². The number of rotatable bonds is 9. The van der Waals surface area contributed by atoms with E-state index in [9.17, 15) is 4.79 Å². The number of benzene rings is 1. The normalized spacial score (nSPS) is 14.0. The van der Waals surface area contributed by atoms with Crippen LogP contribution in [-0.4, -0.2) is 41.2 Å². The van der Waals surface area contributed by atoms with Crippen LogP contribution in [0.3, 0.4) is 0 Å². The van der Waals surface area contributed by atoms with Gasteiger partial charge in [-0.3, -0.25) is 4.79 Å². The number of carbonyl (C=O) groups is 1. The lowest BCUT2D eigenvalue weighted by Gasteiger charge is -2.21. The van der Waals surface area contributed by atoms with Crippen molar-refractivity contribution in [1.29, 1.82) is 0 Å². The highest BCUT2D eigenvalue weighted by atomic mass is 16.5. The number of carbonyl (C=O) groups excluding carboxylic acids is 1. The number of aryl methyl sites for hydroxylation is 1. The van der Waals surface area contributed by atoms with E-state index in [0.29, 0.717) is 37.5 Å². The van der Waals surface area contributed by atoms with E-state index in [0.717, 1.165) is 35.8 Å². The Morgan fingerprint density at radius 3 is 2.58 bits per heavy atom. The molecule has 4 rings (SSSR count). The first-order chi connectivity index (χ1) is 16.2. The molecule has 1 saturated heterocycles. The largest absolute Gasteiger partial charge is 0.497 e. The Bertz CT molecular complexity index is 1010. The van der Waals surface area contributed by atoms with E-state index in [1.165, 1.54) is 25.7 Å². The van der Waals surface area contributed by atoms with Gasteiger partial charge in [-0.25, -0.2) is 4.98 Å². The highest BCUT2D eigenvalue weighted by Crippen LogP contribution is 2.20. The lowest BCUT2D eigenvalue weighted by atomic mass is 10.2. The summed E-state index contributed by atoms with van der Waals surface area (Å²) in [5, 5.41) is 6.99. The van der Waals surface area contributed by atoms with Crippen molar-refractivity contribution < 1.29 is 14.1 Å². The highest BCUT2D eigenvalue weighted by Gasteiger charge is 2.12. The van der Waals surface area contributed by atoms with Gasteiger partial charge in [0.25, 0.3) is 0 Å². The topological polar surface area (TPSA) is 93.4 Å². The molecule has 8 nitrogen and oxygen atoms in total. The molecule has 0 spiro atoms. The number of hydrogen-bond donors (Lipinski definition) is 1. The summed E-state index contributed by atoms with van der Waals surface area (Å²) in [7, 11) is 1.63. The monoisotopic (exact) mass is 449 g/mol. The average Bonchev–Trinajstić information content (AvgIpc) is 3.16. The first kappa shape index (κ1) is 22.8. The molecule has 1 aliphatic rings. The molecule has 2 aromatic heterocycles. The third-order valence-corrected chi connectivity index (χ3v) is 5.84. The van der Waals surface area contributed by atoms with Gasteiger partial charge < -0.3 is 19.5 Å². The van der Waals surface area contributed by atoms with Crippen LogP contribution in [0.5, 0.6) is 5.75 Å². The third-order valence-electron chi connectivity index (χ3n) is 5.84. The molecule has 3 aromatic rings. The van der Waals surface area contributed by atoms with Crippen LogP contribution in [0.25, 0.3) is 11.4 Å². The molecule has 1 amide bonds. The van der Waals surface area contributed by atoms with Crippen molar-refractivity contribution in [1.82, 2.24) is 20.4 Å². The first-order valence-electron chi connectivity index (χ1n) is 11.6. The fraction of sp³-hybridized carbons (Fsp3) is 0.440. The summed E-state index contributed by atoms with van der Waals surface area (Å²) < 4.78 is 10.5. The summed E-state index contributed by atoms with van der Waals surface area (Å²) in [6.45, 7) is 2.63. The van der Waals surface area contributed by atoms with E-state index in [-0.39, 0.29) is 5.91 Å². The quantitative estimate of drug-likeness (QED) is 0.524. The van der Waals surface area contributed by atoms with Crippen LogP contribution >= 0.6 is 0 Å². The van der Waals surface area contributed by atoms with E-state index in [2.05, 4.69) is 31.4 Å². The standard InChI is InChI=1S/C25H31N5O3/c1-32-21-12-10-20(11-13-21)25-28-24(33-29-25)8-6-7-23(31)27-18-19-9-14-22(26-17-19)30-15-4-2-3-5-16-30/h9-14,17H,2-8,15-16,18H2,1H3,(H,27,31). The van der Waals surface area contributed by atoms with Gasteiger partial charge in [0, 0.05) is 44.2 Å². The molecule has 0 atom stereocenters. The Morgan fingerprint density at radius 1 is 1.09 bits per heavy atom. The van der Waals surface area contributed by atoms with Crippen LogP contribution in [-0.2, 0) is 17.8 Å². The van der Waals surface area contributed by atoms with Crippen molar-refractivity contribution in [3.8, 4) is 17.1 Å². The number of amides is 1. The van der Waals surface area contributed by atoms with E-state index >= 15 is 0 Å². The van der Waals surface area contributed by atoms with Crippen LogP contribution < -0.4 is 15.0 Å². The van der Waals surface area contributed by atoms with Crippen LogP contribution in [0.1, 0.15) is 50.0 Å². The molecule has 1 N–H and O–H groups in total. The van der Waals surface area contributed by atoms with Gasteiger partial charge in [0.05, 0.1) is 7.11 Å².